The SMILES string of the molecule is CCO[Si](C)(CCCCO[Si](C)(OCC)OCC)OCC. The van der Waals surface area contributed by atoms with Crippen LogP contribution in [0.15, 0.2) is 0 Å². The lowest BCUT2D eigenvalue weighted by atomic mass is 10.4. The summed E-state index contributed by atoms with van der Waals surface area (Å²) in [6.45, 7) is 15.4. The van der Waals surface area contributed by atoms with Gasteiger partial charge < -0.3 is 22.1 Å². The molecule has 128 valence electrons. The van der Waals surface area contributed by atoms with Crippen molar-refractivity contribution in [1.29, 1.82) is 0 Å². The van der Waals surface area contributed by atoms with E-state index >= 15 is 0 Å². The van der Waals surface area contributed by atoms with Gasteiger partial charge in [-0.15, -0.1) is 0 Å². The van der Waals surface area contributed by atoms with Gasteiger partial charge in [-0.1, -0.05) is 0 Å². The van der Waals surface area contributed by atoms with Crippen LogP contribution in [0.5, 0.6) is 0 Å². The standard InChI is InChI=1S/C14H34O5Si2/c1-7-15-20(5,16-8-2)14-12-11-13-19-21(6,17-9-3)18-10-4/h7-14H2,1-6H3. The maximum atomic E-state index is 5.87. The molecule has 0 unspecified atom stereocenters. The molecule has 0 saturated heterocycles. The van der Waals surface area contributed by atoms with Crippen molar-refractivity contribution < 1.29 is 22.1 Å². The van der Waals surface area contributed by atoms with Gasteiger partial charge in [0.2, 0.25) is 0 Å². The molecule has 0 aliphatic carbocycles. The Hall–Kier alpha value is 0.234. The molecule has 0 heterocycles. The molecule has 5 nitrogen and oxygen atoms in total. The van der Waals surface area contributed by atoms with E-state index in [1.165, 1.54) is 0 Å². The van der Waals surface area contributed by atoms with Crippen molar-refractivity contribution >= 4 is 17.4 Å². The fourth-order valence-electron chi connectivity index (χ4n) is 2.25. The van der Waals surface area contributed by atoms with Crippen LogP contribution in [0.2, 0.25) is 19.1 Å². The molecule has 0 aliphatic rings. The van der Waals surface area contributed by atoms with E-state index in [2.05, 4.69) is 6.55 Å². The molecule has 0 aromatic carbocycles. The summed E-state index contributed by atoms with van der Waals surface area (Å²) in [6.07, 6.45) is 2.02. The second kappa shape index (κ2) is 11.8. The molecule has 0 N–H and O–H groups in total. The summed E-state index contributed by atoms with van der Waals surface area (Å²) in [4.78, 5) is 0. The summed E-state index contributed by atoms with van der Waals surface area (Å²) in [5.41, 5.74) is 0. The summed E-state index contributed by atoms with van der Waals surface area (Å²) in [5.74, 6) is 0. The van der Waals surface area contributed by atoms with Crippen molar-refractivity contribution in [2.24, 2.45) is 0 Å². The Morgan fingerprint density at radius 3 is 1.52 bits per heavy atom. The van der Waals surface area contributed by atoms with Crippen LogP contribution in [-0.2, 0) is 22.1 Å². The average molecular weight is 339 g/mol. The molecule has 0 saturated carbocycles. The van der Waals surface area contributed by atoms with E-state index in [0.29, 0.717) is 19.8 Å². The summed E-state index contributed by atoms with van der Waals surface area (Å²) in [5, 5.41) is 0. The van der Waals surface area contributed by atoms with Gasteiger partial charge in [0.1, 0.15) is 0 Å². The molecule has 21 heavy (non-hydrogen) atoms. The first-order valence-electron chi connectivity index (χ1n) is 8.15. The smallest absolute Gasteiger partial charge is 0.395 e. The van der Waals surface area contributed by atoms with Crippen LogP contribution in [0.3, 0.4) is 0 Å². The summed E-state index contributed by atoms with van der Waals surface area (Å²) < 4.78 is 28.8. The van der Waals surface area contributed by atoms with E-state index in [-0.39, 0.29) is 0 Å². The van der Waals surface area contributed by atoms with Gasteiger partial charge in [0.15, 0.2) is 0 Å². The highest BCUT2D eigenvalue weighted by molar-refractivity contribution is 6.66. The van der Waals surface area contributed by atoms with Gasteiger partial charge in [0.05, 0.1) is 0 Å². The zero-order valence-electron chi connectivity index (χ0n) is 14.7. The second-order valence-electron chi connectivity index (χ2n) is 5.03. The van der Waals surface area contributed by atoms with Gasteiger partial charge in [0.25, 0.3) is 0 Å². The molecule has 0 radical (unpaired) electrons. The molecule has 7 heteroatoms. The summed E-state index contributed by atoms with van der Waals surface area (Å²) in [7, 11) is -4.41. The maximum absolute atomic E-state index is 5.87. The normalized spacial score (nSPS) is 12.9. The largest absolute Gasteiger partial charge is 0.497 e. The molecule has 0 atom stereocenters. The van der Waals surface area contributed by atoms with Crippen molar-refractivity contribution in [2.45, 2.75) is 59.7 Å². The molecule has 0 aromatic heterocycles. The number of rotatable bonds is 14. The van der Waals surface area contributed by atoms with Crippen molar-refractivity contribution in [2.75, 3.05) is 33.0 Å². The molecule has 0 bridgehead atoms. The Morgan fingerprint density at radius 2 is 1.10 bits per heavy atom. The van der Waals surface area contributed by atoms with Crippen LogP contribution in [0.4, 0.5) is 0 Å². The van der Waals surface area contributed by atoms with E-state index < -0.39 is 17.4 Å². The first kappa shape index (κ1) is 21.2. The molecule has 0 fully saturated rings. The van der Waals surface area contributed by atoms with E-state index in [1.54, 1.807) is 0 Å². The lowest BCUT2D eigenvalue weighted by molar-refractivity contribution is 0.0726. The van der Waals surface area contributed by atoms with Crippen molar-refractivity contribution in [3.8, 4) is 0 Å². The van der Waals surface area contributed by atoms with Gasteiger partial charge in [-0.3, -0.25) is 0 Å². The highest BCUT2D eigenvalue weighted by atomic mass is 28.4. The molecule has 0 spiro atoms. The van der Waals surface area contributed by atoms with Crippen LogP contribution < -0.4 is 0 Å². The third kappa shape index (κ3) is 9.77. The number of hydrogen-bond donors (Lipinski definition) is 0. The van der Waals surface area contributed by atoms with E-state index in [9.17, 15) is 0 Å². The first-order valence-corrected chi connectivity index (χ1v) is 12.9. The average Bonchev–Trinajstić information content (AvgIpc) is 2.39. The maximum Gasteiger partial charge on any atom is 0.497 e. The van der Waals surface area contributed by atoms with Crippen molar-refractivity contribution in [1.82, 2.24) is 0 Å². The topological polar surface area (TPSA) is 46.2 Å². The fraction of sp³-hybridized carbons (Fsp3) is 1.00. The minimum atomic E-state index is -2.43. The van der Waals surface area contributed by atoms with Gasteiger partial charge in [-0.05, 0) is 53.1 Å². The lowest BCUT2D eigenvalue weighted by Crippen LogP contribution is -2.43. The van der Waals surface area contributed by atoms with Gasteiger partial charge in [-0.25, -0.2) is 0 Å². The Morgan fingerprint density at radius 1 is 0.619 bits per heavy atom. The van der Waals surface area contributed by atoms with Crippen LogP contribution in [-0.4, -0.2) is 50.4 Å². The monoisotopic (exact) mass is 338 g/mol. The van der Waals surface area contributed by atoms with Crippen molar-refractivity contribution in [3.63, 3.8) is 0 Å². The predicted octanol–water partition coefficient (Wildman–Crippen LogP) is 3.57. The fourth-order valence-corrected chi connectivity index (χ4v) is 6.55. The molecular formula is C14H34O5Si2. The van der Waals surface area contributed by atoms with Gasteiger partial charge in [0, 0.05) is 39.6 Å². The van der Waals surface area contributed by atoms with Crippen molar-refractivity contribution in [3.05, 3.63) is 0 Å². The van der Waals surface area contributed by atoms with E-state index in [0.717, 1.165) is 32.1 Å². The minimum Gasteiger partial charge on any atom is -0.395 e. The summed E-state index contributed by atoms with van der Waals surface area (Å²) >= 11 is 0. The van der Waals surface area contributed by atoms with Crippen LogP contribution in [0, 0.1) is 0 Å². The Bertz CT molecular complexity index is 218. The van der Waals surface area contributed by atoms with Gasteiger partial charge >= 0.3 is 17.4 Å². The third-order valence-electron chi connectivity index (χ3n) is 3.10. The zero-order valence-corrected chi connectivity index (χ0v) is 16.7. The molecule has 0 aromatic rings. The highest BCUT2D eigenvalue weighted by Gasteiger charge is 2.34. The second-order valence-corrected chi connectivity index (χ2v) is 11.0. The zero-order chi connectivity index (χ0) is 16.2. The quantitative estimate of drug-likeness (QED) is 0.358. The molecular weight excluding hydrogens is 304 g/mol. The molecule has 0 rings (SSSR count). The highest BCUT2D eigenvalue weighted by Crippen LogP contribution is 2.18. The summed E-state index contributed by atoms with van der Waals surface area (Å²) in [6, 6.07) is 1.000. The Kier molecular flexibility index (Phi) is 11.9. The minimum absolute atomic E-state index is 0.627. The molecule has 0 aliphatic heterocycles. The Balaban J connectivity index is 4.01. The lowest BCUT2D eigenvalue weighted by Gasteiger charge is -2.27. The van der Waals surface area contributed by atoms with Crippen LogP contribution in [0.25, 0.3) is 0 Å². The van der Waals surface area contributed by atoms with Gasteiger partial charge in [-0.2, -0.15) is 0 Å². The van der Waals surface area contributed by atoms with Crippen LogP contribution in [0.1, 0.15) is 40.5 Å². The predicted molar refractivity (Wildman–Crippen MR) is 89.7 cm³/mol. The van der Waals surface area contributed by atoms with Crippen LogP contribution >= 0.6 is 0 Å². The number of hydrogen-bond acceptors (Lipinski definition) is 5. The van der Waals surface area contributed by atoms with E-state index in [1.807, 2.05) is 34.2 Å². The number of unbranched alkanes of at least 4 members (excludes halogenated alkanes) is 1. The molecule has 0 amide bonds. The first-order chi connectivity index (χ1) is 9.95. The third-order valence-corrected chi connectivity index (χ3v) is 8.52. The Labute approximate surface area is 132 Å². The van der Waals surface area contributed by atoms with E-state index in [4.69, 9.17) is 22.1 Å².